The van der Waals surface area contributed by atoms with Crippen molar-refractivity contribution in [3.8, 4) is 0 Å². The first-order valence-corrected chi connectivity index (χ1v) is 7.26. The molecule has 0 saturated heterocycles. The molecule has 104 valence electrons. The smallest absolute Gasteiger partial charge is 0.307 e. The third-order valence-electron chi connectivity index (χ3n) is 3.54. The summed E-state index contributed by atoms with van der Waals surface area (Å²) in [5.74, 6) is -1.97. The van der Waals surface area contributed by atoms with Gasteiger partial charge in [-0.25, -0.2) is 4.98 Å². The van der Waals surface area contributed by atoms with Crippen LogP contribution < -0.4 is 5.32 Å². The molecule has 2 rings (SSSR count). The summed E-state index contributed by atoms with van der Waals surface area (Å²) in [6.45, 7) is 3.84. The summed E-state index contributed by atoms with van der Waals surface area (Å²) in [5.41, 5.74) is 0. The number of nitrogens with zero attached hydrogens (tertiary/aromatic N) is 1. The van der Waals surface area contributed by atoms with Gasteiger partial charge in [0.25, 0.3) is 0 Å². The normalized spacial score (nSPS) is 24.1. The van der Waals surface area contributed by atoms with E-state index in [4.69, 9.17) is 5.11 Å². The molecule has 0 bridgehead atoms. The summed E-state index contributed by atoms with van der Waals surface area (Å²) in [4.78, 5) is 28.6. The Bertz CT molecular complexity index is 486. The van der Waals surface area contributed by atoms with Crippen LogP contribution in [-0.2, 0) is 9.59 Å². The summed E-state index contributed by atoms with van der Waals surface area (Å²) < 4.78 is 0. The molecule has 1 aromatic rings. The Balaban J connectivity index is 1.99. The Morgan fingerprint density at radius 3 is 2.74 bits per heavy atom. The van der Waals surface area contributed by atoms with Gasteiger partial charge in [-0.1, -0.05) is 6.42 Å². The quantitative estimate of drug-likeness (QED) is 0.886. The van der Waals surface area contributed by atoms with Crippen molar-refractivity contribution in [1.29, 1.82) is 0 Å². The number of aryl methyl sites for hydroxylation is 1. The molecule has 6 heteroatoms. The highest BCUT2D eigenvalue weighted by Gasteiger charge is 2.38. The molecule has 1 amide bonds. The standard InChI is InChI=1S/C13H18N2O3S/c1-7-6-14-12(19-7)8(2)15-11(16)9-4-3-5-10(9)13(17)18/h6,8-10H,3-5H2,1-2H3,(H,15,16)(H,17,18)/t8?,9-,10+/m1/s1. The van der Waals surface area contributed by atoms with Gasteiger partial charge in [0.15, 0.2) is 0 Å². The third-order valence-corrected chi connectivity index (χ3v) is 4.63. The van der Waals surface area contributed by atoms with Gasteiger partial charge < -0.3 is 10.4 Å². The topological polar surface area (TPSA) is 79.3 Å². The third kappa shape index (κ3) is 3.12. The summed E-state index contributed by atoms with van der Waals surface area (Å²) >= 11 is 1.55. The molecule has 0 aliphatic heterocycles. The number of hydrogen-bond acceptors (Lipinski definition) is 4. The Kier molecular flexibility index (Phi) is 4.19. The zero-order chi connectivity index (χ0) is 14.0. The van der Waals surface area contributed by atoms with Crippen LogP contribution >= 0.6 is 11.3 Å². The molecule has 1 aromatic heterocycles. The minimum atomic E-state index is -0.865. The highest BCUT2D eigenvalue weighted by molar-refractivity contribution is 7.11. The molecule has 0 spiro atoms. The molecule has 3 atom stereocenters. The van der Waals surface area contributed by atoms with Gasteiger partial charge in [-0.05, 0) is 26.7 Å². The van der Waals surface area contributed by atoms with Crippen LogP contribution in [0, 0.1) is 18.8 Å². The van der Waals surface area contributed by atoms with Gasteiger partial charge in [-0.3, -0.25) is 9.59 Å². The molecule has 1 unspecified atom stereocenters. The lowest BCUT2D eigenvalue weighted by atomic mass is 9.95. The molecule has 2 N–H and O–H groups in total. The van der Waals surface area contributed by atoms with E-state index in [0.717, 1.165) is 16.3 Å². The molecular weight excluding hydrogens is 264 g/mol. The number of carboxylic acids is 1. The molecule has 1 saturated carbocycles. The van der Waals surface area contributed by atoms with Gasteiger partial charge in [0.2, 0.25) is 5.91 Å². The first kappa shape index (κ1) is 14.0. The van der Waals surface area contributed by atoms with E-state index in [1.54, 1.807) is 17.5 Å². The molecule has 0 aromatic carbocycles. The number of thiazole rings is 1. The summed E-state index contributed by atoms with van der Waals surface area (Å²) in [6.07, 6.45) is 3.84. The van der Waals surface area contributed by atoms with E-state index in [2.05, 4.69) is 10.3 Å². The summed E-state index contributed by atoms with van der Waals surface area (Å²) in [7, 11) is 0. The molecular formula is C13H18N2O3S. The number of aromatic nitrogens is 1. The Morgan fingerprint density at radius 2 is 2.16 bits per heavy atom. The predicted octanol–water partition coefficient (Wildman–Crippen LogP) is 2.13. The summed E-state index contributed by atoms with van der Waals surface area (Å²) in [6, 6.07) is -0.166. The fourth-order valence-corrected chi connectivity index (χ4v) is 3.30. The lowest BCUT2D eigenvalue weighted by molar-refractivity contribution is -0.146. The van der Waals surface area contributed by atoms with Crippen LogP contribution in [-0.4, -0.2) is 22.0 Å². The van der Waals surface area contributed by atoms with Gasteiger partial charge in [0.1, 0.15) is 5.01 Å². The van der Waals surface area contributed by atoms with Crippen LogP contribution in [0.5, 0.6) is 0 Å². The van der Waals surface area contributed by atoms with Crippen molar-refractivity contribution in [3.63, 3.8) is 0 Å². The van der Waals surface area contributed by atoms with Crippen LogP contribution in [0.25, 0.3) is 0 Å². The van der Waals surface area contributed by atoms with Crippen molar-refractivity contribution >= 4 is 23.2 Å². The maximum atomic E-state index is 12.2. The number of nitrogens with one attached hydrogen (secondary N) is 1. The lowest BCUT2D eigenvalue weighted by Gasteiger charge is -2.18. The first-order chi connectivity index (χ1) is 8.99. The minimum absolute atomic E-state index is 0.162. The van der Waals surface area contributed by atoms with Crippen LogP contribution in [0.15, 0.2) is 6.20 Å². The zero-order valence-corrected chi connectivity index (χ0v) is 11.9. The monoisotopic (exact) mass is 282 g/mol. The zero-order valence-electron chi connectivity index (χ0n) is 11.0. The lowest BCUT2D eigenvalue weighted by Crippen LogP contribution is -2.36. The highest BCUT2D eigenvalue weighted by atomic mass is 32.1. The van der Waals surface area contributed by atoms with Crippen molar-refractivity contribution in [2.75, 3.05) is 0 Å². The number of carbonyl (C=O) groups excluding carboxylic acids is 1. The second-order valence-corrected chi connectivity index (χ2v) is 6.29. The molecule has 0 radical (unpaired) electrons. The van der Waals surface area contributed by atoms with E-state index in [9.17, 15) is 9.59 Å². The predicted molar refractivity (Wildman–Crippen MR) is 71.9 cm³/mol. The number of amides is 1. The van der Waals surface area contributed by atoms with Gasteiger partial charge in [-0.2, -0.15) is 0 Å². The van der Waals surface area contributed by atoms with Crippen molar-refractivity contribution in [1.82, 2.24) is 10.3 Å². The van der Waals surface area contributed by atoms with Crippen LogP contribution in [0.1, 0.15) is 42.1 Å². The highest BCUT2D eigenvalue weighted by Crippen LogP contribution is 2.32. The van der Waals surface area contributed by atoms with Crippen molar-refractivity contribution in [3.05, 3.63) is 16.1 Å². The van der Waals surface area contributed by atoms with E-state index in [1.165, 1.54) is 0 Å². The number of aliphatic carboxylic acids is 1. The second-order valence-electron chi connectivity index (χ2n) is 5.02. The largest absolute Gasteiger partial charge is 0.481 e. The van der Waals surface area contributed by atoms with E-state index in [-0.39, 0.29) is 11.9 Å². The molecule has 1 aliphatic rings. The van der Waals surface area contributed by atoms with Gasteiger partial charge in [0.05, 0.1) is 17.9 Å². The van der Waals surface area contributed by atoms with Gasteiger partial charge in [-0.15, -0.1) is 11.3 Å². The maximum Gasteiger partial charge on any atom is 0.307 e. The van der Waals surface area contributed by atoms with E-state index in [1.807, 2.05) is 13.8 Å². The fraction of sp³-hybridized carbons (Fsp3) is 0.615. The Labute approximate surface area is 116 Å². The van der Waals surface area contributed by atoms with Crippen molar-refractivity contribution in [2.24, 2.45) is 11.8 Å². The molecule has 1 aliphatic carbocycles. The average molecular weight is 282 g/mol. The molecule has 19 heavy (non-hydrogen) atoms. The van der Waals surface area contributed by atoms with Crippen molar-refractivity contribution < 1.29 is 14.7 Å². The number of rotatable bonds is 4. The van der Waals surface area contributed by atoms with Crippen LogP contribution in [0.3, 0.4) is 0 Å². The molecule has 1 fully saturated rings. The van der Waals surface area contributed by atoms with E-state index < -0.39 is 17.8 Å². The molecule has 5 nitrogen and oxygen atoms in total. The minimum Gasteiger partial charge on any atom is -0.481 e. The molecule has 1 heterocycles. The van der Waals surface area contributed by atoms with Gasteiger partial charge >= 0.3 is 5.97 Å². The van der Waals surface area contributed by atoms with Crippen LogP contribution in [0.4, 0.5) is 0 Å². The Hall–Kier alpha value is -1.43. The van der Waals surface area contributed by atoms with Gasteiger partial charge in [0, 0.05) is 11.1 Å². The van der Waals surface area contributed by atoms with E-state index >= 15 is 0 Å². The second kappa shape index (κ2) is 5.69. The fourth-order valence-electron chi connectivity index (χ4n) is 2.52. The van der Waals surface area contributed by atoms with Crippen LogP contribution in [0.2, 0.25) is 0 Å². The summed E-state index contributed by atoms with van der Waals surface area (Å²) in [5, 5.41) is 12.8. The van der Waals surface area contributed by atoms with Crippen molar-refractivity contribution in [2.45, 2.75) is 39.2 Å². The maximum absolute atomic E-state index is 12.2. The number of carbonyl (C=O) groups is 2. The average Bonchev–Trinajstić information content (AvgIpc) is 2.96. The van der Waals surface area contributed by atoms with E-state index in [0.29, 0.717) is 12.8 Å². The number of hydrogen-bond donors (Lipinski definition) is 2. The SMILES string of the molecule is Cc1cnc(C(C)NC(=O)[C@@H]2CCC[C@@H]2C(=O)O)s1. The Morgan fingerprint density at radius 1 is 1.47 bits per heavy atom. The first-order valence-electron chi connectivity index (χ1n) is 6.44. The number of carboxylic acid groups (broad SMARTS) is 1.